The second-order valence-electron chi connectivity index (χ2n) is 8.28. The number of hydrogen-bond donors (Lipinski definition) is 0. The van der Waals surface area contributed by atoms with Gasteiger partial charge < -0.3 is 23.4 Å². The number of furan rings is 1. The predicted molar refractivity (Wildman–Crippen MR) is 141 cm³/mol. The second-order valence-corrected chi connectivity index (χ2v) is 9.20. The van der Waals surface area contributed by atoms with Gasteiger partial charge in [0.05, 0.1) is 25.8 Å². The van der Waals surface area contributed by atoms with Gasteiger partial charge >= 0.3 is 0 Å². The summed E-state index contributed by atoms with van der Waals surface area (Å²) in [7, 11) is 3.20. The van der Waals surface area contributed by atoms with Crippen molar-refractivity contribution in [3.8, 4) is 33.9 Å². The lowest BCUT2D eigenvalue weighted by Gasteiger charge is -2.11. The number of nitrogens with zero attached hydrogens (tertiary/aromatic N) is 3. The molecule has 0 saturated carbocycles. The van der Waals surface area contributed by atoms with Gasteiger partial charge in [-0.25, -0.2) is 9.50 Å². The van der Waals surface area contributed by atoms with Crippen molar-refractivity contribution in [2.45, 2.75) is 13.2 Å². The smallest absolute Gasteiger partial charge is 0.294 e. The topological polar surface area (TPSA) is 80.2 Å². The number of rotatable bonds is 9. The summed E-state index contributed by atoms with van der Waals surface area (Å²) in [4.78, 5) is 5.34. The van der Waals surface area contributed by atoms with E-state index < -0.39 is 0 Å². The van der Waals surface area contributed by atoms with Gasteiger partial charge in [-0.3, -0.25) is 0 Å². The maximum absolute atomic E-state index is 6.24. The molecule has 0 amide bonds. The van der Waals surface area contributed by atoms with Crippen LogP contribution in [0.25, 0.3) is 27.4 Å². The molecule has 0 N–H and O–H groups in total. The van der Waals surface area contributed by atoms with Gasteiger partial charge in [0.1, 0.15) is 41.7 Å². The zero-order valence-corrected chi connectivity index (χ0v) is 21.0. The molecule has 37 heavy (non-hydrogen) atoms. The molecule has 0 fully saturated rings. The zero-order valence-electron chi connectivity index (χ0n) is 20.2. The quantitative estimate of drug-likeness (QED) is 0.222. The Labute approximate surface area is 216 Å². The minimum Gasteiger partial charge on any atom is -0.496 e. The minimum absolute atomic E-state index is 0.356. The van der Waals surface area contributed by atoms with E-state index in [4.69, 9.17) is 23.4 Å². The summed E-state index contributed by atoms with van der Waals surface area (Å²) in [6, 6.07) is 23.6. The molecule has 0 spiro atoms. The van der Waals surface area contributed by atoms with Crippen LogP contribution in [-0.2, 0) is 13.2 Å². The molecule has 0 bridgehead atoms. The van der Waals surface area contributed by atoms with E-state index in [0.29, 0.717) is 46.9 Å². The first-order valence-electron chi connectivity index (χ1n) is 11.6. The first kappa shape index (κ1) is 22.9. The van der Waals surface area contributed by atoms with E-state index in [0.717, 1.165) is 27.2 Å². The Morgan fingerprint density at radius 2 is 1.68 bits per heavy atom. The summed E-state index contributed by atoms with van der Waals surface area (Å²) in [6.07, 6.45) is 1.81. The third kappa shape index (κ3) is 4.81. The van der Waals surface area contributed by atoms with Crippen LogP contribution in [0.2, 0.25) is 0 Å². The number of fused-ring (bicyclic) bond motifs is 2. The number of hydrogen-bond acceptors (Lipinski definition) is 8. The average molecular weight is 514 g/mol. The van der Waals surface area contributed by atoms with Crippen LogP contribution in [0.4, 0.5) is 0 Å². The highest BCUT2D eigenvalue weighted by Crippen LogP contribution is 2.37. The van der Waals surface area contributed by atoms with Gasteiger partial charge in [0.2, 0.25) is 4.96 Å². The fourth-order valence-corrected chi connectivity index (χ4v) is 4.66. The summed E-state index contributed by atoms with van der Waals surface area (Å²) in [6.45, 7) is 0.864. The van der Waals surface area contributed by atoms with Crippen LogP contribution in [0.15, 0.2) is 83.4 Å². The molecule has 0 atom stereocenters. The predicted octanol–water partition coefficient (Wildman–Crippen LogP) is 6.38. The lowest BCUT2D eigenvalue weighted by molar-refractivity contribution is 0.296. The van der Waals surface area contributed by atoms with E-state index in [1.807, 2.05) is 79.0 Å². The van der Waals surface area contributed by atoms with E-state index in [1.165, 1.54) is 11.3 Å². The number of ether oxygens (including phenoxy) is 4. The Bertz CT molecular complexity index is 1640. The maximum atomic E-state index is 6.24. The van der Waals surface area contributed by atoms with E-state index in [-0.39, 0.29) is 0 Å². The van der Waals surface area contributed by atoms with E-state index in [1.54, 1.807) is 18.7 Å². The summed E-state index contributed by atoms with van der Waals surface area (Å²) in [5.41, 5.74) is 3.42. The molecule has 0 aliphatic carbocycles. The highest BCUT2D eigenvalue weighted by atomic mass is 32.1. The highest BCUT2D eigenvalue weighted by Gasteiger charge is 2.17. The first-order chi connectivity index (χ1) is 18.2. The molecule has 0 saturated heterocycles. The Morgan fingerprint density at radius 3 is 2.49 bits per heavy atom. The largest absolute Gasteiger partial charge is 0.496 e. The monoisotopic (exact) mass is 513 g/mol. The molecule has 8 nitrogen and oxygen atoms in total. The number of benzene rings is 3. The standard InChI is InChI=1S/C28H23N3O5S/c1-32-21-12-24(35-17-19-9-6-10-20(11-19)34-16-18-7-4-3-5-8-18)22-14-26(36-25(22)13-21)23-15-31-27(29-23)37-28(30-31)33-2/h3-15H,16-17H2,1-2H3. The van der Waals surface area contributed by atoms with E-state index in [9.17, 15) is 0 Å². The van der Waals surface area contributed by atoms with Gasteiger partial charge in [0.15, 0.2) is 5.76 Å². The van der Waals surface area contributed by atoms with Crippen molar-refractivity contribution in [2.75, 3.05) is 14.2 Å². The highest BCUT2D eigenvalue weighted by molar-refractivity contribution is 7.18. The Balaban J connectivity index is 1.23. The fourth-order valence-electron chi connectivity index (χ4n) is 3.96. The molecule has 3 heterocycles. The molecule has 0 radical (unpaired) electrons. The summed E-state index contributed by atoms with van der Waals surface area (Å²) in [5, 5.41) is 5.71. The lowest BCUT2D eigenvalue weighted by Crippen LogP contribution is -1.99. The van der Waals surface area contributed by atoms with Gasteiger partial charge in [-0.2, -0.15) is 0 Å². The molecular weight excluding hydrogens is 490 g/mol. The van der Waals surface area contributed by atoms with Gasteiger partial charge in [0.25, 0.3) is 5.19 Å². The van der Waals surface area contributed by atoms with Crippen molar-refractivity contribution in [1.29, 1.82) is 0 Å². The van der Waals surface area contributed by atoms with E-state index in [2.05, 4.69) is 10.1 Å². The molecule has 0 aliphatic rings. The van der Waals surface area contributed by atoms with Gasteiger partial charge in [-0.05, 0) is 40.7 Å². The fraction of sp³-hybridized carbons (Fsp3) is 0.143. The molecule has 6 aromatic rings. The summed E-state index contributed by atoms with van der Waals surface area (Å²) >= 11 is 1.36. The van der Waals surface area contributed by atoms with Crippen LogP contribution in [-0.4, -0.2) is 28.8 Å². The Morgan fingerprint density at radius 1 is 0.838 bits per heavy atom. The van der Waals surface area contributed by atoms with Gasteiger partial charge in [-0.1, -0.05) is 42.5 Å². The molecule has 0 aliphatic heterocycles. The van der Waals surface area contributed by atoms with Crippen molar-refractivity contribution in [1.82, 2.24) is 14.6 Å². The van der Waals surface area contributed by atoms with Crippen LogP contribution in [0.5, 0.6) is 22.4 Å². The first-order valence-corrected chi connectivity index (χ1v) is 12.4. The number of methoxy groups -OCH3 is 2. The third-order valence-corrected chi connectivity index (χ3v) is 6.69. The van der Waals surface area contributed by atoms with Crippen molar-refractivity contribution in [3.63, 3.8) is 0 Å². The Hall–Kier alpha value is -4.50. The van der Waals surface area contributed by atoms with Gasteiger partial charge in [-0.15, -0.1) is 5.10 Å². The third-order valence-electron chi connectivity index (χ3n) is 5.80. The van der Waals surface area contributed by atoms with Crippen molar-refractivity contribution < 1.29 is 23.4 Å². The van der Waals surface area contributed by atoms with Crippen LogP contribution >= 0.6 is 11.3 Å². The van der Waals surface area contributed by atoms with Crippen molar-refractivity contribution in [2.24, 2.45) is 0 Å². The van der Waals surface area contributed by atoms with Crippen LogP contribution in [0.1, 0.15) is 11.1 Å². The molecule has 3 aromatic heterocycles. The molecule has 9 heteroatoms. The normalized spacial score (nSPS) is 11.2. The maximum Gasteiger partial charge on any atom is 0.294 e. The van der Waals surface area contributed by atoms with Crippen molar-refractivity contribution in [3.05, 3.63) is 90.1 Å². The molecule has 186 valence electrons. The minimum atomic E-state index is 0.356. The van der Waals surface area contributed by atoms with Crippen LogP contribution < -0.4 is 18.9 Å². The molecule has 3 aromatic carbocycles. The molecule has 6 rings (SSSR count). The van der Waals surface area contributed by atoms with Crippen molar-refractivity contribution >= 4 is 27.3 Å². The summed E-state index contributed by atoms with van der Waals surface area (Å²) < 4.78 is 30.7. The van der Waals surface area contributed by atoms with Crippen LogP contribution in [0, 0.1) is 0 Å². The second kappa shape index (κ2) is 9.87. The lowest BCUT2D eigenvalue weighted by atomic mass is 10.2. The SMILES string of the molecule is COc1cc(OCc2cccc(OCc3ccccc3)c2)c2cc(-c3cn4nc(OC)sc4n3)oc2c1. The number of aromatic nitrogens is 3. The number of imidazole rings is 1. The zero-order chi connectivity index (χ0) is 25.2. The summed E-state index contributed by atoms with van der Waals surface area (Å²) in [5.74, 6) is 2.69. The average Bonchev–Trinajstić information content (AvgIpc) is 3.64. The van der Waals surface area contributed by atoms with Crippen LogP contribution in [0.3, 0.4) is 0 Å². The van der Waals surface area contributed by atoms with E-state index >= 15 is 0 Å². The molecular formula is C28H23N3O5S. The van der Waals surface area contributed by atoms with Gasteiger partial charge in [0, 0.05) is 12.1 Å². The Kier molecular flexibility index (Phi) is 6.11. The molecule has 0 unspecified atom stereocenters.